The average molecular weight is 599 g/mol. The largest absolute Gasteiger partial charge is 0.416 e. The fourth-order valence-corrected chi connectivity index (χ4v) is 5.34. The van der Waals surface area contributed by atoms with Crippen LogP contribution in [0.2, 0.25) is 0 Å². The first kappa shape index (κ1) is 29.8. The van der Waals surface area contributed by atoms with Gasteiger partial charge in [-0.15, -0.1) is 0 Å². The molecule has 2 aromatic heterocycles. The topological polar surface area (TPSA) is 79.0 Å². The first-order valence-corrected chi connectivity index (χ1v) is 13.3. The third-order valence-corrected chi connectivity index (χ3v) is 7.46. The minimum absolute atomic E-state index is 0.00260. The van der Waals surface area contributed by atoms with E-state index in [1.54, 1.807) is 31.2 Å². The number of rotatable bonds is 3. The monoisotopic (exact) mass is 598 g/mol. The summed E-state index contributed by atoms with van der Waals surface area (Å²) in [5.41, 5.74) is -2.23. The number of aromatic nitrogens is 2. The highest BCUT2D eigenvalue weighted by Gasteiger charge is 2.38. The number of fused-ring (bicyclic) bond motifs is 2. The van der Waals surface area contributed by atoms with E-state index in [-0.39, 0.29) is 47.5 Å². The Morgan fingerprint density at radius 1 is 0.953 bits per heavy atom. The molecule has 0 spiro atoms. The van der Waals surface area contributed by atoms with Crippen LogP contribution in [-0.4, -0.2) is 26.9 Å². The Bertz CT molecular complexity index is 1800. The molecule has 0 saturated heterocycles. The van der Waals surface area contributed by atoms with Gasteiger partial charge in [-0.1, -0.05) is 36.8 Å². The van der Waals surface area contributed by atoms with Gasteiger partial charge in [-0.25, -0.2) is 4.98 Å². The fourth-order valence-electron chi connectivity index (χ4n) is 5.34. The second-order valence-electron chi connectivity index (χ2n) is 10.7. The summed E-state index contributed by atoms with van der Waals surface area (Å²) in [6, 6.07) is 13.2. The minimum Gasteiger partial charge on any atom is -0.333 e. The molecule has 0 N–H and O–H groups in total. The summed E-state index contributed by atoms with van der Waals surface area (Å²) in [6.45, 7) is 3.23. The van der Waals surface area contributed by atoms with Gasteiger partial charge >= 0.3 is 12.4 Å². The zero-order chi connectivity index (χ0) is 31.3. The van der Waals surface area contributed by atoms with Crippen LogP contribution in [0.3, 0.4) is 0 Å². The number of pyridine rings is 2. The summed E-state index contributed by atoms with van der Waals surface area (Å²) in [7, 11) is 0. The van der Waals surface area contributed by atoms with Gasteiger partial charge in [-0.05, 0) is 60.7 Å². The van der Waals surface area contributed by atoms with E-state index >= 15 is 0 Å². The second kappa shape index (κ2) is 10.9. The van der Waals surface area contributed by atoms with Gasteiger partial charge in [-0.2, -0.15) is 31.6 Å². The molecular weight excluding hydrogens is 574 g/mol. The van der Waals surface area contributed by atoms with Crippen molar-refractivity contribution in [2.45, 2.75) is 45.7 Å². The van der Waals surface area contributed by atoms with Crippen molar-refractivity contribution in [1.82, 2.24) is 14.5 Å². The maximum absolute atomic E-state index is 14.3. The van der Waals surface area contributed by atoms with Crippen molar-refractivity contribution in [2.24, 2.45) is 5.92 Å². The van der Waals surface area contributed by atoms with Gasteiger partial charge < -0.3 is 9.47 Å². The van der Waals surface area contributed by atoms with E-state index in [1.165, 1.54) is 21.6 Å². The van der Waals surface area contributed by atoms with E-state index in [4.69, 9.17) is 0 Å². The summed E-state index contributed by atoms with van der Waals surface area (Å²) >= 11 is 0. The Kier molecular flexibility index (Phi) is 7.54. The van der Waals surface area contributed by atoms with Crippen LogP contribution in [0.15, 0.2) is 59.4 Å². The van der Waals surface area contributed by atoms with Crippen molar-refractivity contribution in [3.63, 3.8) is 0 Å². The van der Waals surface area contributed by atoms with E-state index in [0.717, 1.165) is 5.56 Å². The lowest BCUT2D eigenvalue weighted by Crippen LogP contribution is -2.41. The average Bonchev–Trinajstić information content (AvgIpc) is 2.94. The molecule has 1 aliphatic heterocycles. The molecule has 1 amide bonds. The molecule has 4 aromatic rings. The Balaban J connectivity index is 1.75. The lowest BCUT2D eigenvalue weighted by atomic mass is 9.95. The van der Waals surface area contributed by atoms with Gasteiger partial charge in [0.25, 0.3) is 11.5 Å². The molecule has 1 atom stereocenters. The maximum Gasteiger partial charge on any atom is 0.416 e. The van der Waals surface area contributed by atoms with Gasteiger partial charge in [0.1, 0.15) is 23.0 Å². The molecule has 0 saturated carbocycles. The molecule has 0 aliphatic carbocycles. The van der Waals surface area contributed by atoms with E-state index in [1.807, 2.05) is 13.0 Å². The van der Waals surface area contributed by atoms with Crippen LogP contribution in [-0.2, 0) is 25.4 Å². The highest BCUT2D eigenvalue weighted by molar-refractivity contribution is 6.07. The Hall–Kier alpha value is -4.66. The third kappa shape index (κ3) is 5.84. The van der Waals surface area contributed by atoms with E-state index in [0.29, 0.717) is 35.1 Å². The number of hydrogen-bond donors (Lipinski definition) is 0. The number of hydrogen-bond acceptors (Lipinski definition) is 4. The van der Waals surface area contributed by atoms with Crippen molar-refractivity contribution in [3.05, 3.63) is 98.6 Å². The summed E-state index contributed by atoms with van der Waals surface area (Å²) in [5, 5.41) is 9.68. The molecule has 43 heavy (non-hydrogen) atoms. The van der Waals surface area contributed by atoms with Gasteiger partial charge in [-0.3, -0.25) is 9.59 Å². The number of nitriles is 1. The predicted molar refractivity (Wildman–Crippen MR) is 146 cm³/mol. The van der Waals surface area contributed by atoms with Crippen LogP contribution in [0, 0.1) is 24.2 Å². The summed E-state index contributed by atoms with van der Waals surface area (Å²) < 4.78 is 82.7. The molecular formula is C31H24F6N4O2. The molecule has 3 heterocycles. The smallest absolute Gasteiger partial charge is 0.333 e. The summed E-state index contributed by atoms with van der Waals surface area (Å²) in [5.74, 6) is -0.981. The molecule has 0 fully saturated rings. The standard InChI is InChI=1S/C31H24F6N4O2/c1-17-3-5-20(6-4-17)25-24-8-7-23(14-38)39-26(24)28(42)41-10-9-18(2)15-40(29(43)27(25)41)16-19-11-21(30(32,33)34)13-22(12-19)31(35,36)37/h3-8,11-13,18H,9-10,15-16H2,1-2H3. The molecule has 1 unspecified atom stereocenters. The molecule has 0 radical (unpaired) electrons. The molecule has 222 valence electrons. The van der Waals surface area contributed by atoms with Crippen molar-refractivity contribution < 1.29 is 31.1 Å². The number of nitrogens with zero attached hydrogens (tertiary/aromatic N) is 4. The van der Waals surface area contributed by atoms with Gasteiger partial charge in [0.2, 0.25) is 0 Å². The molecule has 5 rings (SSSR count). The highest BCUT2D eigenvalue weighted by Crippen LogP contribution is 2.38. The van der Waals surface area contributed by atoms with Crippen molar-refractivity contribution >= 4 is 16.8 Å². The number of benzene rings is 2. The second-order valence-corrected chi connectivity index (χ2v) is 10.7. The lowest BCUT2D eigenvalue weighted by molar-refractivity contribution is -0.143. The van der Waals surface area contributed by atoms with Gasteiger partial charge in [0.05, 0.1) is 11.1 Å². The van der Waals surface area contributed by atoms with Crippen LogP contribution in [0.25, 0.3) is 22.0 Å². The van der Waals surface area contributed by atoms with Crippen LogP contribution in [0.1, 0.15) is 51.8 Å². The van der Waals surface area contributed by atoms with E-state index in [9.17, 15) is 41.2 Å². The summed E-state index contributed by atoms with van der Waals surface area (Å²) in [6.07, 6.45) is -9.71. The molecule has 1 aliphatic rings. The summed E-state index contributed by atoms with van der Waals surface area (Å²) in [4.78, 5) is 33.5. The first-order chi connectivity index (χ1) is 20.2. The zero-order valence-electron chi connectivity index (χ0n) is 23.0. The number of alkyl halides is 6. The predicted octanol–water partition coefficient (Wildman–Crippen LogP) is 6.96. The minimum atomic E-state index is -5.05. The highest BCUT2D eigenvalue weighted by atomic mass is 19.4. The van der Waals surface area contributed by atoms with Crippen molar-refractivity contribution in [3.8, 4) is 17.2 Å². The van der Waals surface area contributed by atoms with E-state index < -0.39 is 41.5 Å². The quantitative estimate of drug-likeness (QED) is 0.239. The maximum atomic E-state index is 14.3. The van der Waals surface area contributed by atoms with Crippen LogP contribution in [0.5, 0.6) is 0 Å². The van der Waals surface area contributed by atoms with Crippen molar-refractivity contribution in [2.75, 3.05) is 6.54 Å². The Morgan fingerprint density at radius 3 is 2.16 bits per heavy atom. The first-order valence-electron chi connectivity index (χ1n) is 13.3. The number of halogens is 6. The number of carbonyl (C=O) groups excluding carboxylic acids is 1. The van der Waals surface area contributed by atoms with Crippen molar-refractivity contribution in [1.29, 1.82) is 5.26 Å². The van der Waals surface area contributed by atoms with Gasteiger partial charge in [0.15, 0.2) is 0 Å². The van der Waals surface area contributed by atoms with Crippen LogP contribution < -0.4 is 5.56 Å². The Morgan fingerprint density at radius 2 is 1.58 bits per heavy atom. The molecule has 12 heteroatoms. The SMILES string of the molecule is Cc1ccc(-c2c3n(c(=O)c4nc(C#N)ccc24)CCC(C)CN(Cc2cc(C(F)(F)F)cc(C(F)(F)F)c2)C3=O)cc1. The van der Waals surface area contributed by atoms with Crippen LogP contribution >= 0.6 is 0 Å². The lowest BCUT2D eigenvalue weighted by Gasteiger charge is -2.32. The third-order valence-electron chi connectivity index (χ3n) is 7.46. The van der Waals surface area contributed by atoms with E-state index in [2.05, 4.69) is 4.98 Å². The number of aryl methyl sites for hydroxylation is 1. The number of amides is 1. The van der Waals surface area contributed by atoms with Crippen LogP contribution in [0.4, 0.5) is 26.3 Å². The molecule has 0 bridgehead atoms. The normalized spacial score (nSPS) is 16.0. The Labute approximate surface area is 241 Å². The zero-order valence-corrected chi connectivity index (χ0v) is 23.0. The fraction of sp³-hybridized carbons (Fsp3) is 0.290. The number of carbonyl (C=O) groups is 1. The van der Waals surface area contributed by atoms with Gasteiger partial charge in [0, 0.05) is 30.6 Å². The molecule has 2 aromatic carbocycles. The molecule has 6 nitrogen and oxygen atoms in total.